The summed E-state index contributed by atoms with van der Waals surface area (Å²) < 4.78 is 5.06. The van der Waals surface area contributed by atoms with Crippen molar-refractivity contribution >= 4 is 11.9 Å². The Labute approximate surface area is 160 Å². The molecule has 0 bridgehead atoms. The topological polar surface area (TPSA) is 63.6 Å². The lowest BCUT2D eigenvalue weighted by Gasteiger charge is -2.04. The number of hydrogen-bond donors (Lipinski definition) is 1. The van der Waals surface area contributed by atoms with Crippen LogP contribution in [0.5, 0.6) is 0 Å². The second-order valence-electron chi connectivity index (χ2n) is 6.70. The van der Waals surface area contributed by atoms with Gasteiger partial charge in [0.05, 0.1) is 6.61 Å². The highest BCUT2D eigenvalue weighted by Crippen LogP contribution is 2.12. The maximum atomic E-state index is 11.1. The molecule has 152 valence electrons. The van der Waals surface area contributed by atoms with E-state index >= 15 is 0 Å². The fourth-order valence-corrected chi connectivity index (χ4v) is 2.41. The van der Waals surface area contributed by atoms with E-state index in [1.54, 1.807) is 6.92 Å². The summed E-state index contributed by atoms with van der Waals surface area (Å²) in [6.07, 6.45) is 18.2. The van der Waals surface area contributed by atoms with Crippen LogP contribution >= 0.6 is 0 Å². The summed E-state index contributed by atoms with van der Waals surface area (Å²) in [5, 5.41) is 7.60. The van der Waals surface area contributed by atoms with E-state index < -0.39 is 5.97 Å². The van der Waals surface area contributed by atoms with Crippen molar-refractivity contribution in [3.8, 4) is 0 Å². The normalized spacial score (nSPS) is 9.77. The van der Waals surface area contributed by atoms with Crippen molar-refractivity contribution in [3.63, 3.8) is 0 Å². The maximum Gasteiger partial charge on any atom is 0.333 e. The van der Waals surface area contributed by atoms with Gasteiger partial charge in [-0.25, -0.2) is 9.59 Å². The molecule has 0 spiro atoms. The molecule has 0 rings (SSSR count). The molecule has 0 amide bonds. The summed E-state index contributed by atoms with van der Waals surface area (Å²) >= 11 is 0. The van der Waals surface area contributed by atoms with E-state index in [9.17, 15) is 9.59 Å². The molecule has 0 aromatic heterocycles. The zero-order valence-electron chi connectivity index (χ0n) is 17.1. The summed E-state index contributed by atoms with van der Waals surface area (Å²) in [6, 6.07) is 0. The van der Waals surface area contributed by atoms with Crippen molar-refractivity contribution in [2.24, 2.45) is 0 Å². The predicted molar refractivity (Wildman–Crippen MR) is 109 cm³/mol. The Kier molecular flexibility index (Phi) is 22.0. The number of aliphatic carboxylic acids is 1. The third-order valence-electron chi connectivity index (χ3n) is 4.00. The molecule has 0 atom stereocenters. The Bertz CT molecular complexity index is 374. The molecule has 0 aliphatic rings. The summed E-state index contributed by atoms with van der Waals surface area (Å²) in [7, 11) is 0. The number of hydrogen-bond acceptors (Lipinski definition) is 3. The van der Waals surface area contributed by atoms with Crippen molar-refractivity contribution in [1.82, 2.24) is 0 Å². The molecule has 0 fully saturated rings. The zero-order chi connectivity index (χ0) is 20.0. The van der Waals surface area contributed by atoms with E-state index in [0.717, 1.165) is 12.5 Å². The van der Waals surface area contributed by atoms with Crippen LogP contribution in [0.3, 0.4) is 0 Å². The molecule has 0 saturated heterocycles. The van der Waals surface area contributed by atoms with Crippen molar-refractivity contribution in [3.05, 3.63) is 24.8 Å². The lowest BCUT2D eigenvalue weighted by Crippen LogP contribution is -2.05. The molecule has 0 aromatic rings. The lowest BCUT2D eigenvalue weighted by molar-refractivity contribution is -0.139. The first-order valence-corrected chi connectivity index (χ1v) is 10.1. The van der Waals surface area contributed by atoms with Crippen LogP contribution in [0, 0.1) is 0 Å². The molecule has 0 radical (unpaired) electrons. The summed E-state index contributed by atoms with van der Waals surface area (Å²) in [4.78, 5) is 20.4. The molecule has 1 N–H and O–H groups in total. The van der Waals surface area contributed by atoms with E-state index in [2.05, 4.69) is 20.1 Å². The average Bonchev–Trinajstić information content (AvgIpc) is 2.62. The molecule has 0 saturated carbocycles. The third-order valence-corrected chi connectivity index (χ3v) is 4.00. The van der Waals surface area contributed by atoms with Gasteiger partial charge in [-0.2, -0.15) is 0 Å². The zero-order valence-corrected chi connectivity index (χ0v) is 17.1. The number of carboxylic acids is 1. The Hall–Kier alpha value is -1.58. The van der Waals surface area contributed by atoms with Crippen LogP contribution in [-0.4, -0.2) is 23.7 Å². The highest BCUT2D eigenvalue weighted by molar-refractivity contribution is 5.86. The first-order valence-electron chi connectivity index (χ1n) is 10.1. The minimum absolute atomic E-state index is 0.256. The minimum atomic E-state index is -0.981. The number of carbonyl (C=O) groups is 2. The summed E-state index contributed by atoms with van der Waals surface area (Å²) in [5.74, 6) is -1.24. The van der Waals surface area contributed by atoms with E-state index in [1.165, 1.54) is 77.0 Å². The molecular formula is C22H40O4. The van der Waals surface area contributed by atoms with Crippen molar-refractivity contribution in [2.45, 2.75) is 97.3 Å². The predicted octanol–water partition coefficient (Wildman–Crippen LogP) is 6.45. The average molecular weight is 369 g/mol. The molecule has 26 heavy (non-hydrogen) atoms. The van der Waals surface area contributed by atoms with Gasteiger partial charge in [0.25, 0.3) is 0 Å². The van der Waals surface area contributed by atoms with Crippen LogP contribution in [0.2, 0.25) is 0 Å². The Morgan fingerprint density at radius 3 is 1.50 bits per heavy atom. The number of esters is 1. The molecular weight excluding hydrogens is 328 g/mol. The highest BCUT2D eigenvalue weighted by atomic mass is 16.5. The quantitative estimate of drug-likeness (QED) is 0.193. The van der Waals surface area contributed by atoms with Gasteiger partial charge in [-0.1, -0.05) is 97.1 Å². The number of carboxylic acid groups (broad SMARTS) is 1. The lowest BCUT2D eigenvalue weighted by atomic mass is 10.0. The summed E-state index contributed by atoms with van der Waals surface area (Å²) in [6.45, 7) is 11.0. The fourth-order valence-electron chi connectivity index (χ4n) is 2.41. The third kappa shape index (κ3) is 24.7. The highest BCUT2D eigenvalue weighted by Gasteiger charge is 2.01. The first kappa shape index (κ1) is 26.6. The van der Waals surface area contributed by atoms with Crippen LogP contribution in [0.15, 0.2) is 24.8 Å². The van der Waals surface area contributed by atoms with Crippen LogP contribution < -0.4 is 0 Å². The van der Waals surface area contributed by atoms with Crippen LogP contribution in [0.4, 0.5) is 0 Å². The fraction of sp³-hybridized carbons (Fsp3) is 0.727. The molecule has 4 heteroatoms. The summed E-state index contributed by atoms with van der Waals surface area (Å²) in [5.41, 5.74) is 0.490. The Morgan fingerprint density at radius 2 is 1.19 bits per heavy atom. The van der Waals surface area contributed by atoms with Crippen LogP contribution in [-0.2, 0) is 14.3 Å². The first-order chi connectivity index (χ1) is 12.5. The largest absolute Gasteiger partial charge is 0.478 e. The molecule has 0 aliphatic heterocycles. The van der Waals surface area contributed by atoms with Gasteiger partial charge in [-0.05, 0) is 13.3 Å². The minimum Gasteiger partial charge on any atom is -0.478 e. The van der Waals surface area contributed by atoms with Gasteiger partial charge in [0, 0.05) is 11.6 Å². The SMILES string of the molecule is C=C(C)C(=O)OCCCCCCCCCCCCCCC.C=CC(=O)O. The van der Waals surface area contributed by atoms with Gasteiger partial charge >= 0.3 is 11.9 Å². The van der Waals surface area contributed by atoms with Crippen LogP contribution in [0.25, 0.3) is 0 Å². The second kappa shape index (κ2) is 21.5. The maximum absolute atomic E-state index is 11.1. The van der Waals surface area contributed by atoms with E-state index in [0.29, 0.717) is 12.2 Å². The van der Waals surface area contributed by atoms with Gasteiger partial charge in [0.15, 0.2) is 0 Å². The van der Waals surface area contributed by atoms with Gasteiger partial charge in [-0.3, -0.25) is 0 Å². The molecule has 0 unspecified atom stereocenters. The monoisotopic (exact) mass is 368 g/mol. The van der Waals surface area contributed by atoms with Gasteiger partial charge in [0.1, 0.15) is 0 Å². The van der Waals surface area contributed by atoms with Gasteiger partial charge in [-0.15, -0.1) is 0 Å². The van der Waals surface area contributed by atoms with E-state index in [4.69, 9.17) is 9.84 Å². The van der Waals surface area contributed by atoms with Crippen molar-refractivity contribution in [1.29, 1.82) is 0 Å². The Balaban J connectivity index is 0. The van der Waals surface area contributed by atoms with Crippen molar-refractivity contribution in [2.75, 3.05) is 6.61 Å². The molecule has 0 heterocycles. The van der Waals surface area contributed by atoms with Crippen molar-refractivity contribution < 1.29 is 19.4 Å². The standard InChI is InChI=1S/C19H36O2.C3H4O2/c1-4-5-6-7-8-9-10-11-12-13-14-15-16-17-21-19(20)18(2)3;1-2-3(4)5/h2,4-17H2,1,3H3;2H,1H2,(H,4,5). The number of carbonyl (C=O) groups excluding carboxylic acids is 1. The van der Waals surface area contributed by atoms with E-state index in [-0.39, 0.29) is 5.97 Å². The Morgan fingerprint density at radius 1 is 0.846 bits per heavy atom. The molecule has 0 aliphatic carbocycles. The smallest absolute Gasteiger partial charge is 0.333 e. The second-order valence-corrected chi connectivity index (χ2v) is 6.70. The number of rotatable bonds is 16. The molecule has 4 nitrogen and oxygen atoms in total. The van der Waals surface area contributed by atoms with E-state index in [1.807, 2.05) is 0 Å². The molecule has 0 aromatic carbocycles. The van der Waals surface area contributed by atoms with Crippen LogP contribution in [0.1, 0.15) is 97.3 Å². The van der Waals surface area contributed by atoms with Gasteiger partial charge < -0.3 is 9.84 Å². The number of ether oxygens (including phenoxy) is 1. The van der Waals surface area contributed by atoms with Gasteiger partial charge in [0.2, 0.25) is 0 Å². The number of unbranched alkanes of at least 4 members (excludes halogenated alkanes) is 12.